The van der Waals surface area contributed by atoms with Crippen LogP contribution in [0.25, 0.3) is 22.2 Å². The van der Waals surface area contributed by atoms with Gasteiger partial charge in [0.25, 0.3) is 15.6 Å². The van der Waals surface area contributed by atoms with Gasteiger partial charge < -0.3 is 14.0 Å². The van der Waals surface area contributed by atoms with Crippen LogP contribution < -0.4 is 15.0 Å². The average molecular weight is 578 g/mol. The van der Waals surface area contributed by atoms with Gasteiger partial charge in [0.05, 0.1) is 23.2 Å². The zero-order valence-corrected chi connectivity index (χ0v) is 21.3. The van der Waals surface area contributed by atoms with Crippen LogP contribution in [-0.4, -0.2) is 38.0 Å². The Morgan fingerprint density at radius 1 is 1.12 bits per heavy atom. The fourth-order valence-electron chi connectivity index (χ4n) is 4.34. The SMILES string of the molecule is COC1=C(n2c(=O)ccc3cc(S(=O)(=O)Nc4ccon4)ccc32)CC(F)C(c2ccc(F)c(OC(F)F)c2)=C1. The van der Waals surface area contributed by atoms with Gasteiger partial charge in [0.2, 0.25) is 0 Å². The van der Waals surface area contributed by atoms with Crippen molar-refractivity contribution in [1.29, 1.82) is 0 Å². The maximum Gasteiger partial charge on any atom is 0.387 e. The molecule has 2 aromatic carbocycles. The van der Waals surface area contributed by atoms with E-state index >= 15 is 4.39 Å². The van der Waals surface area contributed by atoms with Crippen molar-refractivity contribution >= 4 is 38.0 Å². The standard InChI is InChI=1S/C26H19F4N3O6S/c1-37-23-12-17(14-2-5-18(27)22(11-14)39-26(29)30)19(28)13-21(23)33-20-6-4-16(10-15(20)3-7-25(33)34)40(35,36)32-24-8-9-38-31-24/h2-12,19,26H,13H2,1H3,(H,31,32). The van der Waals surface area contributed by atoms with Gasteiger partial charge in [-0.15, -0.1) is 0 Å². The number of nitrogens with one attached hydrogen (secondary N) is 1. The zero-order chi connectivity index (χ0) is 28.6. The van der Waals surface area contributed by atoms with Gasteiger partial charge in [0.1, 0.15) is 18.2 Å². The number of halogens is 4. The smallest absolute Gasteiger partial charge is 0.387 e. The Morgan fingerprint density at radius 2 is 1.93 bits per heavy atom. The molecular weight excluding hydrogens is 558 g/mol. The lowest BCUT2D eigenvalue weighted by molar-refractivity contribution is -0.0522. The Balaban J connectivity index is 1.59. The van der Waals surface area contributed by atoms with Crippen LogP contribution in [0.2, 0.25) is 0 Å². The minimum absolute atomic E-state index is 0.000289. The summed E-state index contributed by atoms with van der Waals surface area (Å²) >= 11 is 0. The Bertz CT molecular complexity index is 1820. The summed E-state index contributed by atoms with van der Waals surface area (Å²) in [4.78, 5) is 12.9. The van der Waals surface area contributed by atoms with Crippen molar-refractivity contribution < 1.29 is 40.0 Å². The summed E-state index contributed by atoms with van der Waals surface area (Å²) in [6, 6.07) is 11.0. The number of hydrogen-bond acceptors (Lipinski definition) is 7. The lowest BCUT2D eigenvalue weighted by atomic mass is 9.92. The lowest BCUT2D eigenvalue weighted by Gasteiger charge is -2.25. The number of hydrogen-bond donors (Lipinski definition) is 1. The van der Waals surface area contributed by atoms with Crippen LogP contribution in [0, 0.1) is 5.82 Å². The van der Waals surface area contributed by atoms with Crippen LogP contribution in [0.1, 0.15) is 12.0 Å². The minimum Gasteiger partial charge on any atom is -0.495 e. The summed E-state index contributed by atoms with van der Waals surface area (Å²) in [5, 5.41) is 3.87. The molecule has 1 unspecified atom stereocenters. The molecule has 1 atom stereocenters. The van der Waals surface area contributed by atoms with Crippen LogP contribution in [0.4, 0.5) is 23.4 Å². The molecule has 208 valence electrons. The van der Waals surface area contributed by atoms with Gasteiger partial charge in [0, 0.05) is 23.9 Å². The van der Waals surface area contributed by atoms with Crippen molar-refractivity contribution in [3.8, 4) is 5.75 Å². The average Bonchev–Trinajstić information content (AvgIpc) is 3.41. The first-order valence-electron chi connectivity index (χ1n) is 11.5. The fraction of sp³-hybridized carbons (Fsp3) is 0.154. The molecule has 0 fully saturated rings. The molecule has 5 rings (SSSR count). The van der Waals surface area contributed by atoms with Crippen molar-refractivity contribution in [1.82, 2.24) is 9.72 Å². The summed E-state index contributed by atoms with van der Waals surface area (Å²) in [6.45, 7) is -3.28. The fourth-order valence-corrected chi connectivity index (χ4v) is 5.37. The second-order valence-electron chi connectivity index (χ2n) is 8.53. The van der Waals surface area contributed by atoms with E-state index in [2.05, 4.69) is 19.1 Å². The van der Waals surface area contributed by atoms with E-state index in [0.29, 0.717) is 5.39 Å². The van der Waals surface area contributed by atoms with Crippen molar-refractivity contribution in [2.45, 2.75) is 24.1 Å². The molecule has 2 aromatic heterocycles. The van der Waals surface area contributed by atoms with E-state index in [0.717, 1.165) is 12.1 Å². The number of nitrogens with zero attached hydrogens (tertiary/aromatic N) is 2. The van der Waals surface area contributed by atoms with Gasteiger partial charge in [-0.25, -0.2) is 17.2 Å². The van der Waals surface area contributed by atoms with E-state index in [1.165, 1.54) is 66.5 Å². The molecule has 2 heterocycles. The van der Waals surface area contributed by atoms with E-state index in [1.54, 1.807) is 0 Å². The van der Waals surface area contributed by atoms with Crippen molar-refractivity contribution in [3.63, 3.8) is 0 Å². The number of anilines is 1. The van der Waals surface area contributed by atoms with Crippen LogP contribution in [0.3, 0.4) is 0 Å². The summed E-state index contributed by atoms with van der Waals surface area (Å²) in [5.41, 5.74) is -0.0437. The number of sulfonamides is 1. The number of fused-ring (bicyclic) bond motifs is 1. The quantitative estimate of drug-likeness (QED) is 0.288. The van der Waals surface area contributed by atoms with Gasteiger partial charge in [-0.3, -0.25) is 14.1 Å². The second-order valence-corrected chi connectivity index (χ2v) is 10.2. The molecule has 0 aliphatic heterocycles. The number of ether oxygens (including phenoxy) is 2. The Kier molecular flexibility index (Phi) is 7.10. The number of methoxy groups -OCH3 is 1. The van der Waals surface area contributed by atoms with Crippen molar-refractivity contribution in [3.05, 3.63) is 94.4 Å². The first kappa shape index (κ1) is 27.0. The van der Waals surface area contributed by atoms with E-state index in [1.807, 2.05) is 0 Å². The van der Waals surface area contributed by atoms with E-state index < -0.39 is 39.9 Å². The normalized spacial score (nSPS) is 15.8. The van der Waals surface area contributed by atoms with E-state index in [4.69, 9.17) is 4.74 Å². The molecule has 0 saturated carbocycles. The number of rotatable bonds is 8. The summed E-state index contributed by atoms with van der Waals surface area (Å²) in [7, 11) is -2.75. The molecule has 0 saturated heterocycles. The van der Waals surface area contributed by atoms with Crippen LogP contribution in [0.5, 0.6) is 5.75 Å². The first-order valence-corrected chi connectivity index (χ1v) is 13.0. The number of pyridine rings is 1. The monoisotopic (exact) mass is 577 g/mol. The lowest BCUT2D eigenvalue weighted by Crippen LogP contribution is -2.24. The number of aromatic nitrogens is 2. The molecule has 14 heteroatoms. The van der Waals surface area contributed by atoms with Crippen molar-refractivity contribution in [2.75, 3.05) is 11.8 Å². The summed E-state index contributed by atoms with van der Waals surface area (Å²) < 4.78 is 98.1. The Morgan fingerprint density at radius 3 is 2.62 bits per heavy atom. The molecular formula is C26H19F4N3O6S. The first-order chi connectivity index (χ1) is 19.1. The van der Waals surface area contributed by atoms with Crippen molar-refractivity contribution in [2.24, 2.45) is 0 Å². The predicted molar refractivity (Wildman–Crippen MR) is 136 cm³/mol. The Hall–Kier alpha value is -4.59. The predicted octanol–water partition coefficient (Wildman–Crippen LogP) is 5.17. The largest absolute Gasteiger partial charge is 0.495 e. The molecule has 40 heavy (non-hydrogen) atoms. The molecule has 4 aromatic rings. The molecule has 0 bridgehead atoms. The van der Waals surface area contributed by atoms with Gasteiger partial charge >= 0.3 is 6.61 Å². The Labute approximate surface area is 224 Å². The van der Waals surface area contributed by atoms with Gasteiger partial charge in [-0.1, -0.05) is 11.2 Å². The molecule has 1 aliphatic rings. The van der Waals surface area contributed by atoms with Crippen LogP contribution in [-0.2, 0) is 14.8 Å². The highest BCUT2D eigenvalue weighted by molar-refractivity contribution is 7.92. The number of benzene rings is 2. The summed E-state index contributed by atoms with van der Waals surface area (Å²) in [6.07, 6.45) is 0.373. The number of allylic oxidation sites excluding steroid dienone is 3. The van der Waals surface area contributed by atoms with Crippen LogP contribution in [0.15, 0.2) is 86.9 Å². The number of alkyl halides is 3. The third-order valence-electron chi connectivity index (χ3n) is 6.10. The molecule has 1 aliphatic carbocycles. The highest BCUT2D eigenvalue weighted by atomic mass is 32.2. The van der Waals surface area contributed by atoms with Crippen LogP contribution >= 0.6 is 0 Å². The van der Waals surface area contributed by atoms with E-state index in [-0.39, 0.29) is 45.2 Å². The molecule has 0 spiro atoms. The zero-order valence-electron chi connectivity index (χ0n) is 20.5. The molecule has 9 nitrogen and oxygen atoms in total. The maximum atomic E-state index is 15.5. The molecule has 0 radical (unpaired) electrons. The highest BCUT2D eigenvalue weighted by Gasteiger charge is 2.28. The molecule has 1 N–H and O–H groups in total. The second kappa shape index (κ2) is 10.5. The van der Waals surface area contributed by atoms with E-state index in [9.17, 15) is 26.4 Å². The van der Waals surface area contributed by atoms with Gasteiger partial charge in [-0.2, -0.15) is 8.78 Å². The molecule has 0 amide bonds. The summed E-state index contributed by atoms with van der Waals surface area (Å²) in [5.74, 6) is -1.72. The highest BCUT2D eigenvalue weighted by Crippen LogP contribution is 2.37. The van der Waals surface area contributed by atoms with Gasteiger partial charge in [0.15, 0.2) is 17.4 Å². The minimum atomic E-state index is -4.05. The topological polar surface area (TPSA) is 113 Å². The third kappa shape index (κ3) is 5.17. The maximum absolute atomic E-state index is 15.5. The van der Waals surface area contributed by atoms with Gasteiger partial charge in [-0.05, 0) is 53.6 Å². The third-order valence-corrected chi connectivity index (χ3v) is 7.46.